The summed E-state index contributed by atoms with van der Waals surface area (Å²) < 4.78 is 13.6. The Hall–Kier alpha value is -1.57. The number of rotatable bonds is 4. The molecule has 0 spiro atoms. The van der Waals surface area contributed by atoms with E-state index in [0.29, 0.717) is 29.1 Å². The van der Waals surface area contributed by atoms with Crippen molar-refractivity contribution in [2.75, 3.05) is 0 Å². The van der Waals surface area contributed by atoms with Crippen LogP contribution < -0.4 is 5.46 Å². The summed E-state index contributed by atoms with van der Waals surface area (Å²) in [6.45, 7) is 18.5. The van der Waals surface area contributed by atoms with Gasteiger partial charge < -0.3 is 0 Å². The molecular formula is C32H46BF. The Morgan fingerprint density at radius 2 is 1.24 bits per heavy atom. The van der Waals surface area contributed by atoms with E-state index in [0.717, 1.165) is 18.3 Å². The van der Waals surface area contributed by atoms with Gasteiger partial charge in [-0.1, -0.05) is 90.7 Å². The van der Waals surface area contributed by atoms with Crippen molar-refractivity contribution in [1.29, 1.82) is 0 Å². The van der Waals surface area contributed by atoms with Crippen molar-refractivity contribution in [2.24, 2.45) is 23.7 Å². The van der Waals surface area contributed by atoms with Crippen LogP contribution in [0.4, 0.5) is 4.39 Å². The van der Waals surface area contributed by atoms with Gasteiger partial charge in [-0.15, -0.1) is 0 Å². The Balaban J connectivity index is 0.000000191. The molecule has 0 heterocycles. The highest BCUT2D eigenvalue weighted by molar-refractivity contribution is 6.33. The van der Waals surface area contributed by atoms with Gasteiger partial charge in [0.05, 0.1) is 0 Å². The third-order valence-electron chi connectivity index (χ3n) is 9.46. The first-order valence-electron chi connectivity index (χ1n) is 13.6. The molecule has 0 aromatic heterocycles. The Morgan fingerprint density at radius 3 is 1.79 bits per heavy atom. The van der Waals surface area contributed by atoms with Crippen molar-refractivity contribution < 1.29 is 4.39 Å². The van der Waals surface area contributed by atoms with Gasteiger partial charge >= 0.3 is 0 Å². The van der Waals surface area contributed by atoms with Gasteiger partial charge in [0, 0.05) is 10.8 Å². The maximum absolute atomic E-state index is 13.6. The Bertz CT molecular complexity index is 929. The average Bonchev–Trinajstić information content (AvgIpc) is 2.78. The van der Waals surface area contributed by atoms with E-state index in [4.69, 9.17) is 7.85 Å². The van der Waals surface area contributed by atoms with E-state index in [1.165, 1.54) is 47.9 Å². The van der Waals surface area contributed by atoms with Gasteiger partial charge in [-0.25, -0.2) is 4.39 Å². The summed E-state index contributed by atoms with van der Waals surface area (Å²) in [7, 11) is 6.16. The monoisotopic (exact) mass is 460 g/mol. The summed E-state index contributed by atoms with van der Waals surface area (Å²) in [4.78, 5) is 0. The fraction of sp³-hybridized carbons (Fsp3) is 0.625. The zero-order chi connectivity index (χ0) is 25.3. The molecule has 0 nitrogen and oxygen atoms in total. The largest absolute Gasteiger partial charge is 0.207 e. The molecule has 0 amide bonds. The van der Waals surface area contributed by atoms with Crippen LogP contribution in [0.5, 0.6) is 0 Å². The number of fused-ring (bicyclic) bond motifs is 2. The molecule has 2 aliphatic rings. The van der Waals surface area contributed by atoms with Gasteiger partial charge in [0.2, 0.25) is 0 Å². The zero-order valence-electron chi connectivity index (χ0n) is 23.0. The zero-order valence-corrected chi connectivity index (χ0v) is 23.0. The lowest BCUT2D eigenvalue weighted by molar-refractivity contribution is 0.185. The Morgan fingerprint density at radius 1 is 0.706 bits per heavy atom. The Labute approximate surface area is 210 Å². The molecule has 2 aromatic carbocycles. The molecule has 184 valence electrons. The summed E-state index contributed by atoms with van der Waals surface area (Å²) in [5.74, 6) is 2.37. The molecule has 34 heavy (non-hydrogen) atoms. The van der Waals surface area contributed by atoms with Crippen molar-refractivity contribution in [3.05, 3.63) is 64.5 Å². The van der Waals surface area contributed by atoms with Crippen LogP contribution in [0.25, 0.3) is 0 Å². The van der Waals surface area contributed by atoms with E-state index in [1.54, 1.807) is 12.1 Å². The van der Waals surface area contributed by atoms with Gasteiger partial charge in [0.15, 0.2) is 0 Å². The highest BCUT2D eigenvalue weighted by atomic mass is 19.1. The van der Waals surface area contributed by atoms with Crippen LogP contribution >= 0.6 is 0 Å². The molecule has 2 heteroatoms. The van der Waals surface area contributed by atoms with E-state index in [9.17, 15) is 4.39 Å². The molecule has 0 N–H and O–H groups in total. The number of aryl methyl sites for hydroxylation is 1. The van der Waals surface area contributed by atoms with Crippen molar-refractivity contribution in [3.63, 3.8) is 0 Å². The standard InChI is InChI=1S/C16H23B.C16H23F/c1-11(2)16(12(3)4)10-6-7-13-14(16)8-5-9-15(13)17;1-11(2)16(12(3)4)9-5-6-13-7-8-14(17)10-15(13)16/h5,8-9,11-12H,6-7,10H2,1-4H3;7-8,10-12H,5-6,9H2,1-4H3. The van der Waals surface area contributed by atoms with Gasteiger partial charge in [-0.05, 0) is 91.0 Å². The third kappa shape index (κ3) is 4.63. The Kier molecular flexibility index (Phi) is 8.42. The lowest BCUT2D eigenvalue weighted by Gasteiger charge is -2.46. The molecule has 2 aliphatic carbocycles. The van der Waals surface area contributed by atoms with E-state index in [-0.39, 0.29) is 11.2 Å². The van der Waals surface area contributed by atoms with Crippen molar-refractivity contribution in [3.8, 4) is 0 Å². The maximum Gasteiger partial charge on any atom is 0.123 e. The highest BCUT2D eigenvalue weighted by Crippen LogP contribution is 2.49. The molecule has 0 saturated carbocycles. The predicted octanol–water partition coefficient (Wildman–Crippen LogP) is 8.08. The van der Waals surface area contributed by atoms with Gasteiger partial charge in [0.1, 0.15) is 13.7 Å². The first-order chi connectivity index (χ1) is 16.0. The van der Waals surface area contributed by atoms with E-state index < -0.39 is 0 Å². The van der Waals surface area contributed by atoms with Crippen LogP contribution in [0.1, 0.15) is 103 Å². The van der Waals surface area contributed by atoms with Crippen LogP contribution in [-0.2, 0) is 23.7 Å². The summed E-state index contributed by atoms with van der Waals surface area (Å²) >= 11 is 0. The van der Waals surface area contributed by atoms with Gasteiger partial charge in [-0.3, -0.25) is 0 Å². The van der Waals surface area contributed by atoms with E-state index in [2.05, 4.69) is 73.6 Å². The van der Waals surface area contributed by atoms with Crippen LogP contribution in [-0.4, -0.2) is 7.85 Å². The molecule has 0 atom stereocenters. The molecule has 0 aliphatic heterocycles. The van der Waals surface area contributed by atoms with Crippen molar-refractivity contribution in [1.82, 2.24) is 0 Å². The minimum atomic E-state index is -0.0867. The molecule has 0 bridgehead atoms. The molecule has 0 fully saturated rings. The smallest absolute Gasteiger partial charge is 0.123 e. The molecule has 2 aromatic rings. The summed E-state index contributed by atoms with van der Waals surface area (Å²) in [6.07, 6.45) is 7.27. The predicted molar refractivity (Wildman–Crippen MR) is 147 cm³/mol. The molecule has 2 radical (unpaired) electrons. The maximum atomic E-state index is 13.6. The van der Waals surface area contributed by atoms with Crippen LogP contribution in [0.3, 0.4) is 0 Å². The minimum Gasteiger partial charge on any atom is -0.207 e. The molecule has 0 unspecified atom stereocenters. The van der Waals surface area contributed by atoms with E-state index in [1.807, 2.05) is 6.07 Å². The first kappa shape index (κ1) is 27.0. The molecule has 0 saturated heterocycles. The third-order valence-corrected chi connectivity index (χ3v) is 9.46. The lowest BCUT2D eigenvalue weighted by atomic mass is 9.57. The first-order valence-corrected chi connectivity index (χ1v) is 13.6. The summed E-state index contributed by atoms with van der Waals surface area (Å²) in [5.41, 5.74) is 7.05. The topological polar surface area (TPSA) is 0 Å². The van der Waals surface area contributed by atoms with E-state index >= 15 is 0 Å². The average molecular weight is 461 g/mol. The normalized spacial score (nSPS) is 18.5. The van der Waals surface area contributed by atoms with Crippen LogP contribution in [0, 0.1) is 29.5 Å². The number of hydrogen-bond donors (Lipinski definition) is 0. The second kappa shape index (κ2) is 10.6. The van der Waals surface area contributed by atoms with Gasteiger partial charge in [-0.2, -0.15) is 0 Å². The lowest BCUT2D eigenvalue weighted by Crippen LogP contribution is -2.42. The van der Waals surface area contributed by atoms with Crippen molar-refractivity contribution in [2.45, 2.75) is 105 Å². The summed E-state index contributed by atoms with van der Waals surface area (Å²) in [5, 5.41) is 0. The molecular weight excluding hydrogens is 414 g/mol. The SMILES string of the molecule is CC(C)C1(C(C)C)CCCc2ccc(F)cc21.[B]c1cccc2c1CCCC2(C(C)C)C(C)C. The fourth-order valence-electron chi connectivity index (χ4n) is 7.65. The number of halogens is 1. The van der Waals surface area contributed by atoms with Crippen molar-refractivity contribution >= 4 is 13.3 Å². The minimum absolute atomic E-state index is 0.0867. The number of benzene rings is 2. The number of hydrogen-bond acceptors (Lipinski definition) is 0. The quantitative estimate of drug-likeness (QED) is 0.405. The highest BCUT2D eigenvalue weighted by Gasteiger charge is 2.43. The summed E-state index contributed by atoms with van der Waals surface area (Å²) in [6, 6.07) is 11.9. The van der Waals surface area contributed by atoms with Crippen LogP contribution in [0.15, 0.2) is 36.4 Å². The second-order valence-electron chi connectivity index (χ2n) is 12.1. The fourth-order valence-corrected chi connectivity index (χ4v) is 7.65. The molecule has 4 rings (SSSR count). The second-order valence-corrected chi connectivity index (χ2v) is 12.1. The van der Waals surface area contributed by atoms with Crippen LogP contribution in [0.2, 0.25) is 0 Å². The van der Waals surface area contributed by atoms with Gasteiger partial charge in [0.25, 0.3) is 0 Å².